The van der Waals surface area contributed by atoms with Gasteiger partial charge in [-0.1, -0.05) is 5.16 Å². The van der Waals surface area contributed by atoms with Gasteiger partial charge >= 0.3 is 0 Å². The molecule has 1 aromatic rings. The maximum absolute atomic E-state index is 8.58. The first-order chi connectivity index (χ1) is 5.79. The van der Waals surface area contributed by atoms with Crippen molar-refractivity contribution in [3.8, 4) is 0 Å². The second kappa shape index (κ2) is 3.89. The minimum Gasteiger partial charge on any atom is -0.463 e. The summed E-state index contributed by atoms with van der Waals surface area (Å²) < 4.78 is 4.97. The van der Waals surface area contributed by atoms with Gasteiger partial charge in [0.25, 0.3) is 0 Å². The summed E-state index contributed by atoms with van der Waals surface area (Å²) in [6.07, 6.45) is 1.46. The second-order valence-electron chi connectivity index (χ2n) is 2.31. The van der Waals surface area contributed by atoms with Crippen LogP contribution in [-0.4, -0.2) is 22.2 Å². The van der Waals surface area contributed by atoms with Gasteiger partial charge < -0.3 is 14.8 Å². The summed E-state index contributed by atoms with van der Waals surface area (Å²) >= 11 is 0. The molecular weight excluding hydrogens is 160 g/mol. The van der Waals surface area contributed by atoms with E-state index in [9.17, 15) is 0 Å². The van der Waals surface area contributed by atoms with Gasteiger partial charge in [0.2, 0.25) is 0 Å². The van der Waals surface area contributed by atoms with Crippen LogP contribution in [0.5, 0.6) is 0 Å². The number of hydrogen-bond acceptors (Lipinski definition) is 5. The molecule has 0 bridgehead atoms. The fraction of sp³-hybridized carbons (Fsp3) is 0.286. The molecule has 0 aliphatic rings. The summed E-state index contributed by atoms with van der Waals surface area (Å²) in [5.74, 6) is 0.423. The van der Waals surface area contributed by atoms with Crippen molar-refractivity contribution < 1.29 is 14.8 Å². The molecule has 0 amide bonds. The molecule has 0 radical (unpaired) electrons. The van der Waals surface area contributed by atoms with Gasteiger partial charge in [-0.3, -0.25) is 0 Å². The van der Waals surface area contributed by atoms with Gasteiger partial charge in [0, 0.05) is 0 Å². The fourth-order valence-corrected chi connectivity index (χ4v) is 0.835. The Morgan fingerprint density at radius 2 is 2.50 bits per heavy atom. The van der Waals surface area contributed by atoms with Crippen molar-refractivity contribution >= 4 is 5.71 Å². The number of hydroxylamine groups is 1. The molecule has 1 heterocycles. The number of hydrogen-bond donors (Lipinski definition) is 3. The molecule has 1 atom stereocenters. The van der Waals surface area contributed by atoms with Gasteiger partial charge in [0.15, 0.2) is 5.76 Å². The summed E-state index contributed by atoms with van der Waals surface area (Å²) in [6.45, 7) is 1.64. The van der Waals surface area contributed by atoms with Crippen molar-refractivity contribution in [2.24, 2.45) is 5.16 Å². The predicted molar refractivity (Wildman–Crippen MR) is 41.4 cm³/mol. The first-order valence-corrected chi connectivity index (χ1v) is 3.45. The van der Waals surface area contributed by atoms with Gasteiger partial charge in [-0.15, -0.1) is 0 Å². The molecule has 1 rings (SSSR count). The van der Waals surface area contributed by atoms with E-state index in [1.165, 1.54) is 6.26 Å². The normalized spacial score (nSPS) is 14.7. The topological polar surface area (TPSA) is 78.0 Å². The van der Waals surface area contributed by atoms with Crippen molar-refractivity contribution in [3.63, 3.8) is 0 Å². The molecule has 0 saturated carbocycles. The first kappa shape index (κ1) is 8.76. The van der Waals surface area contributed by atoms with E-state index in [0.717, 1.165) is 0 Å². The van der Waals surface area contributed by atoms with Crippen LogP contribution < -0.4 is 5.48 Å². The molecule has 0 fully saturated rings. The lowest BCUT2D eigenvalue weighted by Gasteiger charge is -2.07. The molecule has 0 aliphatic heterocycles. The summed E-state index contributed by atoms with van der Waals surface area (Å²) in [6, 6.07) is 2.84. The number of nitrogens with one attached hydrogen (secondary N) is 1. The standard InChI is InChI=1S/C7H10N2O3/c1-5(8-10)7(9-11)6-3-2-4-12-6/h2-5,8,10-11H,1H3/b9-7-/t5-/m0/s1. The van der Waals surface area contributed by atoms with Gasteiger partial charge in [0.1, 0.15) is 5.71 Å². The molecule has 0 aromatic carbocycles. The summed E-state index contributed by atoms with van der Waals surface area (Å²) in [5, 5.41) is 20.1. The van der Waals surface area contributed by atoms with Crippen molar-refractivity contribution in [1.29, 1.82) is 0 Å². The third-order valence-electron chi connectivity index (χ3n) is 1.49. The van der Waals surface area contributed by atoms with E-state index in [4.69, 9.17) is 14.8 Å². The van der Waals surface area contributed by atoms with Crippen molar-refractivity contribution in [1.82, 2.24) is 5.48 Å². The Kier molecular flexibility index (Phi) is 2.84. The molecule has 0 spiro atoms. The lowest BCUT2D eigenvalue weighted by Crippen LogP contribution is -2.31. The second-order valence-corrected chi connectivity index (χ2v) is 2.31. The van der Waals surface area contributed by atoms with Gasteiger partial charge in [-0.25, -0.2) is 0 Å². The van der Waals surface area contributed by atoms with Crippen molar-refractivity contribution in [2.45, 2.75) is 13.0 Å². The van der Waals surface area contributed by atoms with Crippen LogP contribution in [0.4, 0.5) is 0 Å². The van der Waals surface area contributed by atoms with Gasteiger partial charge in [-0.05, 0) is 19.1 Å². The Morgan fingerprint density at radius 1 is 1.75 bits per heavy atom. The van der Waals surface area contributed by atoms with E-state index in [2.05, 4.69) is 5.16 Å². The Hall–Kier alpha value is -1.33. The molecule has 0 aliphatic carbocycles. The Balaban J connectivity index is 2.85. The van der Waals surface area contributed by atoms with Crippen LogP contribution in [0.1, 0.15) is 12.7 Å². The average molecular weight is 170 g/mol. The SMILES string of the molecule is C[C@H](NO)/C(=N/O)c1ccco1. The maximum atomic E-state index is 8.58. The Labute approximate surface area is 69.3 Å². The summed E-state index contributed by atoms with van der Waals surface area (Å²) in [7, 11) is 0. The fourth-order valence-electron chi connectivity index (χ4n) is 0.835. The van der Waals surface area contributed by atoms with E-state index in [1.54, 1.807) is 19.1 Å². The van der Waals surface area contributed by atoms with Crippen LogP contribution in [0.2, 0.25) is 0 Å². The zero-order valence-electron chi connectivity index (χ0n) is 6.56. The number of oxime groups is 1. The minimum atomic E-state index is -0.471. The van der Waals surface area contributed by atoms with Crippen LogP contribution in [0.25, 0.3) is 0 Å². The molecular formula is C7H10N2O3. The number of rotatable bonds is 3. The smallest absolute Gasteiger partial charge is 0.153 e. The largest absolute Gasteiger partial charge is 0.463 e. The highest BCUT2D eigenvalue weighted by molar-refractivity contribution is 6.01. The van der Waals surface area contributed by atoms with Crippen LogP contribution in [-0.2, 0) is 0 Å². The number of nitrogens with zero attached hydrogens (tertiary/aromatic N) is 1. The quantitative estimate of drug-likeness (QED) is 0.356. The molecule has 12 heavy (non-hydrogen) atoms. The molecule has 5 heteroatoms. The maximum Gasteiger partial charge on any atom is 0.153 e. The third kappa shape index (κ3) is 1.63. The Morgan fingerprint density at radius 3 is 2.92 bits per heavy atom. The molecule has 3 N–H and O–H groups in total. The molecule has 1 aromatic heterocycles. The lowest BCUT2D eigenvalue weighted by molar-refractivity contribution is 0.153. The minimum absolute atomic E-state index is 0.252. The molecule has 0 saturated heterocycles. The van der Waals surface area contributed by atoms with E-state index < -0.39 is 6.04 Å². The van der Waals surface area contributed by atoms with Crippen LogP contribution in [0.3, 0.4) is 0 Å². The Bertz CT molecular complexity index is 256. The van der Waals surface area contributed by atoms with E-state index in [1.807, 2.05) is 5.48 Å². The van der Waals surface area contributed by atoms with Crippen molar-refractivity contribution in [2.75, 3.05) is 0 Å². The molecule has 0 unspecified atom stereocenters. The summed E-state index contributed by atoms with van der Waals surface area (Å²) in [4.78, 5) is 0. The van der Waals surface area contributed by atoms with Crippen LogP contribution in [0, 0.1) is 0 Å². The van der Waals surface area contributed by atoms with Gasteiger partial charge in [-0.2, -0.15) is 5.48 Å². The highest BCUT2D eigenvalue weighted by Gasteiger charge is 2.14. The monoisotopic (exact) mass is 170 g/mol. The van der Waals surface area contributed by atoms with Crippen LogP contribution >= 0.6 is 0 Å². The highest BCUT2D eigenvalue weighted by Crippen LogP contribution is 2.05. The van der Waals surface area contributed by atoms with Crippen LogP contribution in [0.15, 0.2) is 28.0 Å². The summed E-state index contributed by atoms with van der Waals surface area (Å²) in [5.41, 5.74) is 2.21. The average Bonchev–Trinajstić information content (AvgIpc) is 2.58. The molecule has 66 valence electrons. The van der Waals surface area contributed by atoms with E-state index >= 15 is 0 Å². The third-order valence-corrected chi connectivity index (χ3v) is 1.49. The van der Waals surface area contributed by atoms with E-state index in [-0.39, 0.29) is 5.71 Å². The first-order valence-electron chi connectivity index (χ1n) is 3.45. The van der Waals surface area contributed by atoms with Crippen molar-refractivity contribution in [3.05, 3.63) is 24.2 Å². The highest BCUT2D eigenvalue weighted by atomic mass is 16.5. The zero-order chi connectivity index (χ0) is 8.97. The van der Waals surface area contributed by atoms with Gasteiger partial charge in [0.05, 0.1) is 12.3 Å². The lowest BCUT2D eigenvalue weighted by atomic mass is 10.2. The predicted octanol–water partition coefficient (Wildman–Crippen LogP) is 0.825. The molecule has 5 nitrogen and oxygen atoms in total. The zero-order valence-corrected chi connectivity index (χ0v) is 6.56. The number of furan rings is 1. The van der Waals surface area contributed by atoms with E-state index in [0.29, 0.717) is 5.76 Å².